The van der Waals surface area contributed by atoms with Gasteiger partial charge in [-0.1, -0.05) is 0 Å². The van der Waals surface area contributed by atoms with Crippen molar-refractivity contribution in [1.82, 2.24) is 19.6 Å². The van der Waals surface area contributed by atoms with E-state index >= 15 is 0 Å². The zero-order valence-corrected chi connectivity index (χ0v) is 16.9. The number of fused-ring (bicyclic) bond motifs is 3. The Labute approximate surface area is 157 Å². The highest BCUT2D eigenvalue weighted by molar-refractivity contribution is 7.85. The third kappa shape index (κ3) is 8.51. The van der Waals surface area contributed by atoms with E-state index in [1.165, 1.54) is 6.42 Å². The second-order valence-electron chi connectivity index (χ2n) is 7.24. The van der Waals surface area contributed by atoms with Gasteiger partial charge in [0.25, 0.3) is 10.1 Å². The van der Waals surface area contributed by atoms with Crippen LogP contribution in [0.4, 0.5) is 0 Å². The molecule has 7 nitrogen and oxygen atoms in total. The molecule has 1 N–H and O–H groups in total. The monoisotopic (exact) mass is 396 g/mol. The lowest BCUT2D eigenvalue weighted by molar-refractivity contribution is 0.117. The van der Waals surface area contributed by atoms with Gasteiger partial charge in [0.1, 0.15) is 0 Å². The fraction of sp³-hybridized carbons (Fsp3) is 1.00. The Morgan fingerprint density at radius 1 is 1.00 bits per heavy atom. The van der Waals surface area contributed by atoms with Crippen molar-refractivity contribution in [3.63, 3.8) is 0 Å². The lowest BCUT2D eigenvalue weighted by atomic mass is 10.2. The molecule has 0 spiro atoms. The molecular weight excluding hydrogens is 364 g/mol. The van der Waals surface area contributed by atoms with Crippen LogP contribution in [-0.2, 0) is 10.1 Å². The molecule has 2 rings (SSSR count). The molecule has 3 unspecified atom stereocenters. The van der Waals surface area contributed by atoms with Crippen molar-refractivity contribution in [3.05, 3.63) is 0 Å². The van der Waals surface area contributed by atoms with E-state index in [0.29, 0.717) is 13.0 Å². The van der Waals surface area contributed by atoms with Crippen LogP contribution in [-0.4, -0.2) is 116 Å². The summed E-state index contributed by atoms with van der Waals surface area (Å²) in [6, 6.07) is 0. The lowest BCUT2D eigenvalue weighted by Gasteiger charge is -2.37. The topological polar surface area (TPSA) is 67.3 Å². The fourth-order valence-corrected chi connectivity index (χ4v) is 4.32. The third-order valence-electron chi connectivity index (χ3n) is 5.18. The fourth-order valence-electron chi connectivity index (χ4n) is 3.53. The quantitative estimate of drug-likeness (QED) is 0.421. The molecule has 25 heavy (non-hydrogen) atoms. The van der Waals surface area contributed by atoms with Gasteiger partial charge in [-0.25, -0.2) is 0 Å². The van der Waals surface area contributed by atoms with Crippen molar-refractivity contribution in [1.29, 1.82) is 0 Å². The summed E-state index contributed by atoms with van der Waals surface area (Å²) in [7, 11) is -1.70. The highest BCUT2D eigenvalue weighted by atomic mass is 35.5. The molecule has 0 saturated carbocycles. The van der Waals surface area contributed by atoms with Crippen LogP contribution in [0.15, 0.2) is 0 Å². The minimum Gasteiger partial charge on any atom is -0.305 e. The van der Waals surface area contributed by atoms with Gasteiger partial charge >= 0.3 is 0 Å². The van der Waals surface area contributed by atoms with E-state index in [-0.39, 0.29) is 11.3 Å². The van der Waals surface area contributed by atoms with Crippen molar-refractivity contribution in [2.75, 3.05) is 78.2 Å². The number of rotatable bonds is 4. The normalized spacial score (nSPS) is 31.7. The van der Waals surface area contributed by atoms with Crippen LogP contribution >= 0.6 is 11.6 Å². The summed E-state index contributed by atoms with van der Waals surface area (Å²) in [6.07, 6.45) is 2.50. The smallest absolute Gasteiger partial charge is 0.264 e. The summed E-state index contributed by atoms with van der Waals surface area (Å²) >= 11 is 6.68. The molecule has 0 aromatic rings. The van der Waals surface area contributed by atoms with Crippen LogP contribution in [0.25, 0.3) is 0 Å². The number of hydrogen-bond donors (Lipinski definition) is 1. The van der Waals surface area contributed by atoms with Crippen molar-refractivity contribution in [3.8, 4) is 0 Å². The first kappa shape index (κ1) is 21.3. The van der Waals surface area contributed by atoms with Gasteiger partial charge in [-0.15, -0.1) is 11.6 Å². The summed E-state index contributed by atoms with van der Waals surface area (Å²) in [5.74, 6) is -0.171. The number of hydrogen-bond acceptors (Lipinski definition) is 6. The van der Waals surface area contributed by atoms with E-state index in [4.69, 9.17) is 16.2 Å². The first-order chi connectivity index (χ1) is 11.8. The molecule has 2 fully saturated rings. The maximum Gasteiger partial charge on any atom is 0.264 e. The first-order valence-corrected chi connectivity index (χ1v) is 11.3. The predicted molar refractivity (Wildman–Crippen MR) is 102 cm³/mol. The van der Waals surface area contributed by atoms with Crippen LogP contribution in [0.1, 0.15) is 19.3 Å². The number of alkyl halides is 1. The summed E-state index contributed by atoms with van der Waals surface area (Å²) in [5, 5.41) is 0. The molecular formula is C16H33ClN4O3S. The maximum absolute atomic E-state index is 10.9. The zero-order valence-electron chi connectivity index (χ0n) is 15.3. The molecule has 3 atom stereocenters. The van der Waals surface area contributed by atoms with Gasteiger partial charge in [0, 0.05) is 45.8 Å². The lowest BCUT2D eigenvalue weighted by Crippen LogP contribution is -2.48. The molecule has 0 amide bonds. The molecule has 9 heteroatoms. The van der Waals surface area contributed by atoms with Crippen LogP contribution in [0.3, 0.4) is 0 Å². The highest BCUT2D eigenvalue weighted by Gasteiger charge is 2.22. The van der Waals surface area contributed by atoms with Crippen molar-refractivity contribution in [2.24, 2.45) is 0 Å². The van der Waals surface area contributed by atoms with Gasteiger partial charge in [-0.2, -0.15) is 8.42 Å². The number of likely N-dealkylation sites (N-methyl/N-ethyl adjacent to an activating group) is 1. The summed E-state index contributed by atoms with van der Waals surface area (Å²) in [6.45, 7) is 9.72. The Balaban J connectivity index is 1.96. The van der Waals surface area contributed by atoms with E-state index in [1.54, 1.807) is 0 Å². The summed E-state index contributed by atoms with van der Waals surface area (Å²) < 4.78 is 30.8. The molecule has 2 aliphatic rings. The minimum atomic E-state index is -3.87. The van der Waals surface area contributed by atoms with Gasteiger partial charge in [0.15, 0.2) is 0 Å². The minimum absolute atomic E-state index is 0.0110. The standard InChI is InChI=1S/C16H33ClN4O3S/c1-18-5-2-6-20-11-10-19(7-3-15-25(22,23)24)8-4-16(17)21(13-9-18)14-12-20/h16H,2-15H2,1H3,(H,22,23,24). The Kier molecular flexibility index (Phi) is 8.87. The number of nitrogens with zero attached hydrogens (tertiary/aromatic N) is 4. The molecule has 0 radical (unpaired) electrons. The molecule has 0 aliphatic carbocycles. The third-order valence-corrected chi connectivity index (χ3v) is 6.47. The molecule has 0 aromatic carbocycles. The Hall–Kier alpha value is 0.0400. The summed E-state index contributed by atoms with van der Waals surface area (Å²) in [4.78, 5) is 9.54. The van der Waals surface area contributed by atoms with Gasteiger partial charge in [-0.3, -0.25) is 9.45 Å². The van der Waals surface area contributed by atoms with Gasteiger partial charge in [0.05, 0.1) is 11.3 Å². The Morgan fingerprint density at radius 3 is 2.48 bits per heavy atom. The number of halogens is 1. The Bertz CT molecular complexity index is 492. The van der Waals surface area contributed by atoms with Crippen molar-refractivity contribution in [2.45, 2.75) is 24.8 Å². The van der Waals surface area contributed by atoms with Crippen molar-refractivity contribution < 1.29 is 13.0 Å². The van der Waals surface area contributed by atoms with E-state index in [0.717, 1.165) is 65.3 Å². The molecule has 2 aliphatic heterocycles. The van der Waals surface area contributed by atoms with Crippen molar-refractivity contribution >= 4 is 21.7 Å². The van der Waals surface area contributed by atoms with Gasteiger partial charge in [-0.05, 0) is 45.9 Å². The van der Waals surface area contributed by atoms with Gasteiger partial charge < -0.3 is 14.7 Å². The average Bonchev–Trinajstić information content (AvgIpc) is 2.54. The second-order valence-corrected chi connectivity index (χ2v) is 9.31. The summed E-state index contributed by atoms with van der Waals surface area (Å²) in [5.41, 5.74) is 0.0110. The van der Waals surface area contributed by atoms with Crippen LogP contribution in [0.2, 0.25) is 0 Å². The highest BCUT2D eigenvalue weighted by Crippen LogP contribution is 2.14. The van der Waals surface area contributed by atoms with E-state index in [9.17, 15) is 8.42 Å². The molecule has 2 heterocycles. The average molecular weight is 397 g/mol. The van der Waals surface area contributed by atoms with Gasteiger partial charge in [0.2, 0.25) is 0 Å². The maximum atomic E-state index is 10.9. The second kappa shape index (κ2) is 10.4. The predicted octanol–water partition coefficient (Wildman–Crippen LogP) is 0.474. The van der Waals surface area contributed by atoms with E-state index in [1.807, 2.05) is 0 Å². The largest absolute Gasteiger partial charge is 0.305 e. The van der Waals surface area contributed by atoms with Crippen LogP contribution in [0.5, 0.6) is 0 Å². The van der Waals surface area contributed by atoms with E-state index < -0.39 is 10.1 Å². The van der Waals surface area contributed by atoms with Crippen LogP contribution < -0.4 is 0 Å². The van der Waals surface area contributed by atoms with E-state index in [2.05, 4.69) is 26.6 Å². The van der Waals surface area contributed by atoms with Crippen LogP contribution in [0, 0.1) is 0 Å². The molecule has 2 saturated heterocycles. The first-order valence-electron chi connectivity index (χ1n) is 9.30. The molecule has 2 bridgehead atoms. The Morgan fingerprint density at radius 2 is 1.72 bits per heavy atom. The zero-order chi connectivity index (χ0) is 18.3. The SMILES string of the molecule is CN1CCCN2CCN(CCCS(=O)(=O)O)CCC(Cl)N(CC1)CC2. The molecule has 0 aromatic heterocycles. The molecule has 148 valence electrons.